The highest BCUT2D eigenvalue weighted by Gasteiger charge is 2.30. The molecule has 2 amide bonds. The molecule has 2 rings (SSSR count). The van der Waals surface area contributed by atoms with Crippen LogP contribution in [0.2, 0.25) is 0 Å². The van der Waals surface area contributed by atoms with Gasteiger partial charge in [0, 0.05) is 30.0 Å². The lowest BCUT2D eigenvalue weighted by atomic mass is 10.1. The van der Waals surface area contributed by atoms with E-state index in [2.05, 4.69) is 10.0 Å². The summed E-state index contributed by atoms with van der Waals surface area (Å²) in [5.74, 6) is -0.370. The van der Waals surface area contributed by atoms with Gasteiger partial charge in [-0.1, -0.05) is 17.2 Å². The average molecular weight is 318 g/mol. The van der Waals surface area contributed by atoms with Crippen LogP contribution in [0.15, 0.2) is 29.4 Å². The summed E-state index contributed by atoms with van der Waals surface area (Å²) in [5.41, 5.74) is 9.52. The summed E-state index contributed by atoms with van der Waals surface area (Å²) in [5, 5.41) is 3.35. The van der Waals surface area contributed by atoms with Crippen LogP contribution in [0.25, 0.3) is 10.4 Å². The zero-order valence-corrected chi connectivity index (χ0v) is 12.7. The predicted octanol–water partition coefficient (Wildman–Crippen LogP) is 1.90. The number of amides is 2. The SMILES string of the molecule is [N-]=[N+]=NCCOCCOCc1ccc(C(=O)N2CCC2=O)cc1. The molecule has 1 aliphatic heterocycles. The van der Waals surface area contributed by atoms with Crippen molar-refractivity contribution in [1.82, 2.24) is 4.90 Å². The minimum absolute atomic E-state index is 0.122. The van der Waals surface area contributed by atoms with Crippen LogP contribution in [0.3, 0.4) is 0 Å². The van der Waals surface area contributed by atoms with E-state index in [-0.39, 0.29) is 11.8 Å². The van der Waals surface area contributed by atoms with Crippen LogP contribution in [0, 0.1) is 0 Å². The van der Waals surface area contributed by atoms with E-state index in [1.807, 2.05) is 0 Å². The first-order chi connectivity index (χ1) is 11.2. The number of β-lactam (4-membered cyclic amide) rings is 1. The van der Waals surface area contributed by atoms with E-state index < -0.39 is 0 Å². The third-order valence-electron chi connectivity index (χ3n) is 3.34. The van der Waals surface area contributed by atoms with Gasteiger partial charge in [0.25, 0.3) is 5.91 Å². The highest BCUT2D eigenvalue weighted by molar-refractivity contribution is 6.07. The third kappa shape index (κ3) is 5.07. The van der Waals surface area contributed by atoms with E-state index in [9.17, 15) is 9.59 Å². The van der Waals surface area contributed by atoms with Crippen LogP contribution < -0.4 is 0 Å². The summed E-state index contributed by atoms with van der Waals surface area (Å²) < 4.78 is 10.7. The van der Waals surface area contributed by atoms with E-state index in [4.69, 9.17) is 15.0 Å². The molecule has 1 aliphatic rings. The van der Waals surface area contributed by atoms with Gasteiger partial charge in [-0.05, 0) is 23.2 Å². The van der Waals surface area contributed by atoms with Crippen molar-refractivity contribution >= 4 is 11.8 Å². The number of hydrogen-bond acceptors (Lipinski definition) is 5. The Morgan fingerprint density at radius 3 is 2.57 bits per heavy atom. The molecule has 0 aliphatic carbocycles. The van der Waals surface area contributed by atoms with Gasteiger partial charge < -0.3 is 9.47 Å². The minimum Gasteiger partial charge on any atom is -0.379 e. The van der Waals surface area contributed by atoms with Gasteiger partial charge in [-0.3, -0.25) is 14.5 Å². The van der Waals surface area contributed by atoms with Crippen molar-refractivity contribution in [2.24, 2.45) is 5.11 Å². The molecule has 122 valence electrons. The normalized spacial score (nSPS) is 13.4. The number of ether oxygens (including phenoxy) is 2. The van der Waals surface area contributed by atoms with E-state index in [0.29, 0.717) is 51.5 Å². The molecule has 8 heteroatoms. The molecule has 8 nitrogen and oxygen atoms in total. The summed E-state index contributed by atoms with van der Waals surface area (Å²) in [6.07, 6.45) is 0.447. The van der Waals surface area contributed by atoms with Crippen molar-refractivity contribution in [2.45, 2.75) is 13.0 Å². The summed E-state index contributed by atoms with van der Waals surface area (Å²) >= 11 is 0. The maximum absolute atomic E-state index is 12.0. The van der Waals surface area contributed by atoms with Crippen LogP contribution >= 0.6 is 0 Å². The largest absolute Gasteiger partial charge is 0.379 e. The molecule has 0 N–H and O–H groups in total. The van der Waals surface area contributed by atoms with Gasteiger partial charge in [-0.15, -0.1) is 0 Å². The highest BCUT2D eigenvalue weighted by atomic mass is 16.5. The molecular weight excluding hydrogens is 300 g/mol. The van der Waals surface area contributed by atoms with Crippen molar-refractivity contribution in [1.29, 1.82) is 0 Å². The summed E-state index contributed by atoms with van der Waals surface area (Å²) in [6, 6.07) is 7.01. The van der Waals surface area contributed by atoms with Crippen LogP contribution in [-0.2, 0) is 20.9 Å². The molecular formula is C15H18N4O4. The first-order valence-electron chi connectivity index (χ1n) is 7.32. The molecule has 0 unspecified atom stereocenters. The maximum Gasteiger partial charge on any atom is 0.260 e. The Hall–Kier alpha value is -2.41. The van der Waals surface area contributed by atoms with Gasteiger partial charge in [0.1, 0.15) is 0 Å². The van der Waals surface area contributed by atoms with Gasteiger partial charge in [0.15, 0.2) is 0 Å². The molecule has 0 spiro atoms. The maximum atomic E-state index is 12.0. The fourth-order valence-electron chi connectivity index (χ4n) is 1.99. The Bertz CT molecular complexity index is 596. The fourth-order valence-corrected chi connectivity index (χ4v) is 1.99. The molecule has 23 heavy (non-hydrogen) atoms. The molecule has 0 aromatic heterocycles. The lowest BCUT2D eigenvalue weighted by Crippen LogP contribution is -2.47. The predicted molar refractivity (Wildman–Crippen MR) is 81.6 cm³/mol. The van der Waals surface area contributed by atoms with Crippen LogP contribution in [-0.4, -0.2) is 49.6 Å². The van der Waals surface area contributed by atoms with E-state index in [1.165, 1.54) is 4.90 Å². The molecule has 1 aromatic carbocycles. The van der Waals surface area contributed by atoms with E-state index in [0.717, 1.165) is 5.56 Å². The molecule has 0 radical (unpaired) electrons. The second kappa shape index (κ2) is 8.89. The zero-order chi connectivity index (χ0) is 16.5. The molecule has 1 aromatic rings. The Morgan fingerprint density at radius 1 is 1.22 bits per heavy atom. The number of likely N-dealkylation sites (tertiary alicyclic amines) is 1. The third-order valence-corrected chi connectivity index (χ3v) is 3.34. The number of imide groups is 1. The quantitative estimate of drug-likeness (QED) is 0.173. The van der Waals surface area contributed by atoms with Gasteiger partial charge in [-0.25, -0.2) is 0 Å². The van der Waals surface area contributed by atoms with Crippen molar-refractivity contribution < 1.29 is 19.1 Å². The number of carbonyl (C=O) groups excluding carboxylic acids is 2. The van der Waals surface area contributed by atoms with E-state index >= 15 is 0 Å². The second-order valence-corrected chi connectivity index (χ2v) is 4.92. The topological polar surface area (TPSA) is 105 Å². The zero-order valence-electron chi connectivity index (χ0n) is 12.7. The smallest absolute Gasteiger partial charge is 0.260 e. The number of azide groups is 1. The minimum atomic E-state index is -0.248. The standard InChI is InChI=1S/C15H18N4O4/c16-18-17-6-8-22-9-10-23-11-12-1-3-13(4-2-12)15(21)19-7-5-14(19)20/h1-4H,5-11H2. The number of benzene rings is 1. The van der Waals surface area contributed by atoms with E-state index in [1.54, 1.807) is 24.3 Å². The monoisotopic (exact) mass is 318 g/mol. The summed E-state index contributed by atoms with van der Waals surface area (Å²) in [4.78, 5) is 27.1. The second-order valence-electron chi connectivity index (χ2n) is 4.92. The van der Waals surface area contributed by atoms with Crippen LogP contribution in [0.5, 0.6) is 0 Å². The Kier molecular flexibility index (Phi) is 6.56. The summed E-state index contributed by atoms with van der Waals surface area (Å²) in [6.45, 7) is 2.46. The number of hydrogen-bond donors (Lipinski definition) is 0. The Morgan fingerprint density at radius 2 is 1.96 bits per heavy atom. The lowest BCUT2D eigenvalue weighted by molar-refractivity contribution is -0.135. The molecule has 0 bridgehead atoms. The van der Waals surface area contributed by atoms with Gasteiger partial charge in [0.2, 0.25) is 5.91 Å². The number of rotatable bonds is 9. The summed E-state index contributed by atoms with van der Waals surface area (Å²) in [7, 11) is 0. The Balaban J connectivity index is 1.66. The molecule has 1 fully saturated rings. The average Bonchev–Trinajstić information content (AvgIpc) is 2.56. The van der Waals surface area contributed by atoms with Crippen molar-refractivity contribution in [3.8, 4) is 0 Å². The van der Waals surface area contributed by atoms with Gasteiger partial charge in [0.05, 0.1) is 26.4 Å². The highest BCUT2D eigenvalue weighted by Crippen LogP contribution is 2.15. The molecule has 0 atom stereocenters. The van der Waals surface area contributed by atoms with Crippen LogP contribution in [0.4, 0.5) is 0 Å². The van der Waals surface area contributed by atoms with Crippen molar-refractivity contribution in [3.63, 3.8) is 0 Å². The van der Waals surface area contributed by atoms with Gasteiger partial charge >= 0.3 is 0 Å². The molecule has 0 saturated carbocycles. The number of nitrogens with zero attached hydrogens (tertiary/aromatic N) is 4. The first-order valence-corrected chi connectivity index (χ1v) is 7.32. The van der Waals surface area contributed by atoms with Crippen molar-refractivity contribution in [3.05, 3.63) is 45.8 Å². The first kappa shape index (κ1) is 17.0. The van der Waals surface area contributed by atoms with Crippen molar-refractivity contribution in [2.75, 3.05) is 32.9 Å². The number of carbonyl (C=O) groups is 2. The molecule has 1 saturated heterocycles. The lowest BCUT2D eigenvalue weighted by Gasteiger charge is -2.28. The fraction of sp³-hybridized carbons (Fsp3) is 0.467. The van der Waals surface area contributed by atoms with Crippen LogP contribution in [0.1, 0.15) is 22.3 Å². The molecule has 1 heterocycles. The van der Waals surface area contributed by atoms with Gasteiger partial charge in [-0.2, -0.15) is 0 Å². The Labute approximate surface area is 133 Å².